The van der Waals surface area contributed by atoms with E-state index in [0.29, 0.717) is 5.84 Å². The fourth-order valence-electron chi connectivity index (χ4n) is 1.86. The van der Waals surface area contributed by atoms with E-state index in [2.05, 4.69) is 10.9 Å². The van der Waals surface area contributed by atoms with E-state index in [-0.39, 0.29) is 0 Å². The largest absolute Gasteiger partial charge is 0.257 e. The van der Waals surface area contributed by atoms with Gasteiger partial charge in [0.05, 0.1) is 11.1 Å². The molecule has 0 aliphatic carbocycles. The first-order valence-corrected chi connectivity index (χ1v) is 5.94. The summed E-state index contributed by atoms with van der Waals surface area (Å²) in [7, 11) is 0. The maximum Gasteiger partial charge on any atom is 0.159 e. The molecule has 18 heavy (non-hydrogen) atoms. The normalized spacial score (nSPS) is 20.4. The van der Waals surface area contributed by atoms with Crippen LogP contribution in [0.2, 0.25) is 0 Å². The summed E-state index contributed by atoms with van der Waals surface area (Å²) in [5.41, 5.74) is 0.651. The zero-order valence-corrected chi connectivity index (χ0v) is 11.2. The summed E-state index contributed by atoms with van der Waals surface area (Å²) in [5.74, 6) is 3.04. The van der Waals surface area contributed by atoms with E-state index < -0.39 is 11.1 Å². The standard InChI is InChI=1S/C15H17N2O/c1-6-11-7-9-12(10-8-11)13-16-14(2,3)15(4,5)17(13)18/h1,7-10H,2-5H3. The monoisotopic (exact) mass is 241 g/mol. The molecule has 1 radical (unpaired) electrons. The number of hydrogen-bond donors (Lipinski definition) is 0. The zero-order valence-electron chi connectivity index (χ0n) is 11.2. The Hall–Kier alpha value is -1.79. The fourth-order valence-corrected chi connectivity index (χ4v) is 1.86. The van der Waals surface area contributed by atoms with Crippen molar-refractivity contribution in [2.45, 2.75) is 38.8 Å². The smallest absolute Gasteiger partial charge is 0.159 e. The van der Waals surface area contributed by atoms with Gasteiger partial charge in [-0.25, -0.2) is 0 Å². The van der Waals surface area contributed by atoms with Gasteiger partial charge in [-0.05, 0) is 52.0 Å². The molecule has 0 unspecified atom stereocenters. The lowest BCUT2D eigenvalue weighted by Gasteiger charge is -2.35. The third-order valence-electron chi connectivity index (χ3n) is 3.89. The highest BCUT2D eigenvalue weighted by Crippen LogP contribution is 2.37. The summed E-state index contributed by atoms with van der Waals surface area (Å²) in [6, 6.07) is 7.33. The van der Waals surface area contributed by atoms with E-state index in [4.69, 9.17) is 6.42 Å². The molecule has 0 bridgehead atoms. The molecular weight excluding hydrogens is 224 g/mol. The van der Waals surface area contributed by atoms with Crippen LogP contribution in [-0.4, -0.2) is 22.0 Å². The van der Waals surface area contributed by atoms with Gasteiger partial charge in [0.2, 0.25) is 0 Å². The Balaban J connectivity index is 2.43. The second kappa shape index (κ2) is 3.86. The molecule has 1 aliphatic heterocycles. The van der Waals surface area contributed by atoms with Crippen LogP contribution in [0.25, 0.3) is 0 Å². The number of aliphatic imine (C=N–C) groups is 1. The van der Waals surface area contributed by atoms with Crippen LogP contribution < -0.4 is 0 Å². The molecule has 0 amide bonds. The van der Waals surface area contributed by atoms with E-state index in [1.807, 2.05) is 52.0 Å². The van der Waals surface area contributed by atoms with E-state index in [1.165, 1.54) is 0 Å². The van der Waals surface area contributed by atoms with Crippen molar-refractivity contribution in [1.29, 1.82) is 0 Å². The SMILES string of the molecule is C#Cc1ccc(C2=NC(C)(C)C(C)(C)N2[O])cc1. The molecule has 1 aromatic rings. The van der Waals surface area contributed by atoms with Crippen LogP contribution in [0.15, 0.2) is 29.3 Å². The third kappa shape index (κ3) is 1.70. The highest BCUT2D eigenvalue weighted by Gasteiger charge is 2.50. The number of amidine groups is 1. The van der Waals surface area contributed by atoms with Gasteiger partial charge in [-0.2, -0.15) is 5.06 Å². The molecule has 0 aromatic heterocycles. The Kier molecular flexibility index (Phi) is 2.71. The van der Waals surface area contributed by atoms with Crippen LogP contribution in [0.4, 0.5) is 0 Å². The summed E-state index contributed by atoms with van der Waals surface area (Å²) in [6.07, 6.45) is 5.31. The van der Waals surface area contributed by atoms with Crippen LogP contribution in [0.5, 0.6) is 0 Å². The molecule has 2 rings (SSSR count). The molecule has 0 N–H and O–H groups in total. The van der Waals surface area contributed by atoms with Crippen LogP contribution in [0.1, 0.15) is 38.8 Å². The Morgan fingerprint density at radius 3 is 2.11 bits per heavy atom. The molecule has 93 valence electrons. The minimum Gasteiger partial charge on any atom is -0.257 e. The second-order valence-corrected chi connectivity index (χ2v) is 5.57. The van der Waals surface area contributed by atoms with Gasteiger partial charge in [0.1, 0.15) is 0 Å². The molecule has 0 saturated carbocycles. The van der Waals surface area contributed by atoms with Gasteiger partial charge >= 0.3 is 0 Å². The molecule has 1 heterocycles. The number of benzene rings is 1. The molecule has 0 atom stereocenters. The average Bonchev–Trinajstić information content (AvgIpc) is 2.50. The molecule has 3 nitrogen and oxygen atoms in total. The lowest BCUT2D eigenvalue weighted by atomic mass is 9.84. The van der Waals surface area contributed by atoms with E-state index in [9.17, 15) is 5.21 Å². The number of nitrogens with zero attached hydrogens (tertiary/aromatic N) is 2. The summed E-state index contributed by atoms with van der Waals surface area (Å²) in [5, 5.41) is 13.3. The van der Waals surface area contributed by atoms with Crippen LogP contribution in [0.3, 0.4) is 0 Å². The lowest BCUT2D eigenvalue weighted by molar-refractivity contribution is -0.158. The number of hydrogen-bond acceptors (Lipinski definition) is 2. The molecular formula is C15H17N2O. The quantitative estimate of drug-likeness (QED) is 0.696. The molecule has 3 heteroatoms. The number of hydroxylamine groups is 2. The first-order chi connectivity index (χ1) is 8.29. The predicted octanol–water partition coefficient (Wildman–Crippen LogP) is 2.63. The Bertz CT molecular complexity index is 533. The van der Waals surface area contributed by atoms with Crippen LogP contribution >= 0.6 is 0 Å². The van der Waals surface area contributed by atoms with Gasteiger partial charge in [-0.3, -0.25) is 4.99 Å². The topological polar surface area (TPSA) is 35.5 Å². The van der Waals surface area contributed by atoms with Crippen LogP contribution in [0, 0.1) is 12.3 Å². The van der Waals surface area contributed by atoms with Gasteiger partial charge in [0.15, 0.2) is 5.84 Å². The summed E-state index contributed by atoms with van der Waals surface area (Å²) < 4.78 is 0. The average molecular weight is 241 g/mol. The van der Waals surface area contributed by atoms with Crippen molar-refractivity contribution in [3.63, 3.8) is 0 Å². The van der Waals surface area contributed by atoms with Gasteiger partial charge in [0.25, 0.3) is 0 Å². The fraction of sp³-hybridized carbons (Fsp3) is 0.400. The van der Waals surface area contributed by atoms with Crippen molar-refractivity contribution >= 4 is 5.84 Å². The first kappa shape index (κ1) is 12.7. The Labute approximate surface area is 108 Å². The summed E-state index contributed by atoms with van der Waals surface area (Å²) in [6.45, 7) is 7.76. The van der Waals surface area contributed by atoms with Crippen molar-refractivity contribution in [2.75, 3.05) is 0 Å². The molecule has 0 spiro atoms. The Morgan fingerprint density at radius 1 is 1.17 bits per heavy atom. The van der Waals surface area contributed by atoms with Gasteiger partial charge in [-0.15, -0.1) is 6.42 Å². The van der Waals surface area contributed by atoms with Gasteiger partial charge in [0, 0.05) is 11.1 Å². The maximum absolute atomic E-state index is 12.3. The second-order valence-electron chi connectivity index (χ2n) is 5.57. The van der Waals surface area contributed by atoms with Crippen molar-refractivity contribution in [3.8, 4) is 12.3 Å². The third-order valence-corrected chi connectivity index (χ3v) is 3.89. The van der Waals surface area contributed by atoms with Crippen LogP contribution in [-0.2, 0) is 5.21 Å². The Morgan fingerprint density at radius 2 is 1.72 bits per heavy atom. The van der Waals surface area contributed by atoms with E-state index in [1.54, 1.807) is 0 Å². The number of terminal acetylenes is 1. The van der Waals surface area contributed by atoms with Crippen molar-refractivity contribution in [3.05, 3.63) is 35.4 Å². The van der Waals surface area contributed by atoms with E-state index >= 15 is 0 Å². The maximum atomic E-state index is 12.3. The highest BCUT2D eigenvalue weighted by molar-refractivity contribution is 6.00. The molecule has 0 fully saturated rings. The molecule has 1 aromatic carbocycles. The van der Waals surface area contributed by atoms with E-state index in [0.717, 1.165) is 16.2 Å². The minimum absolute atomic E-state index is 0.408. The number of rotatable bonds is 1. The first-order valence-electron chi connectivity index (χ1n) is 5.94. The van der Waals surface area contributed by atoms with Crippen molar-refractivity contribution in [2.24, 2.45) is 4.99 Å². The highest BCUT2D eigenvalue weighted by atomic mass is 16.5. The molecule has 1 aliphatic rings. The van der Waals surface area contributed by atoms with Crippen molar-refractivity contribution in [1.82, 2.24) is 5.06 Å². The molecule has 0 saturated heterocycles. The predicted molar refractivity (Wildman–Crippen MR) is 71.6 cm³/mol. The minimum atomic E-state index is -0.548. The zero-order chi connectivity index (χ0) is 13.6. The lowest BCUT2D eigenvalue weighted by Crippen LogP contribution is -2.50. The summed E-state index contributed by atoms with van der Waals surface area (Å²) >= 11 is 0. The van der Waals surface area contributed by atoms with Gasteiger partial charge in [-0.1, -0.05) is 11.1 Å². The van der Waals surface area contributed by atoms with Gasteiger partial charge < -0.3 is 0 Å². The summed E-state index contributed by atoms with van der Waals surface area (Å²) in [4.78, 5) is 4.56. The van der Waals surface area contributed by atoms with Crippen molar-refractivity contribution < 1.29 is 5.21 Å².